The van der Waals surface area contributed by atoms with Crippen LogP contribution in [0.1, 0.15) is 29.1 Å². The molecular weight excluding hydrogens is 456 g/mol. The average Bonchev–Trinajstić information content (AvgIpc) is 3.26. The van der Waals surface area contributed by atoms with E-state index in [2.05, 4.69) is 51.9 Å². The fraction of sp³-hybridized carbons (Fsp3) is 0.435. The molecule has 0 N–H and O–H groups in total. The molecule has 0 unspecified atom stereocenters. The van der Waals surface area contributed by atoms with E-state index in [1.807, 2.05) is 39.4 Å². The summed E-state index contributed by atoms with van der Waals surface area (Å²) < 4.78 is 4.89. The first-order valence-electron chi connectivity index (χ1n) is 10.7. The molecular formula is C23H29BrN6O. The number of hydrogen-bond acceptors (Lipinski definition) is 4. The third-order valence-corrected chi connectivity index (χ3v) is 6.91. The van der Waals surface area contributed by atoms with Crippen LogP contribution in [0.5, 0.6) is 0 Å². The van der Waals surface area contributed by atoms with E-state index in [0.717, 1.165) is 54.3 Å². The zero-order valence-corrected chi connectivity index (χ0v) is 20.0. The molecule has 1 aliphatic heterocycles. The summed E-state index contributed by atoms with van der Waals surface area (Å²) in [4.78, 5) is 17.1. The fourth-order valence-electron chi connectivity index (χ4n) is 4.11. The second-order valence-electron chi connectivity index (χ2n) is 8.10. The monoisotopic (exact) mass is 484 g/mol. The van der Waals surface area contributed by atoms with E-state index in [1.54, 1.807) is 6.20 Å². The van der Waals surface area contributed by atoms with Gasteiger partial charge < -0.3 is 4.90 Å². The number of nitrogens with zero attached hydrogens (tertiary/aromatic N) is 6. The van der Waals surface area contributed by atoms with Crippen LogP contribution in [-0.2, 0) is 17.9 Å². The number of para-hydroxylation sites is 1. The predicted molar refractivity (Wildman–Crippen MR) is 124 cm³/mol. The molecule has 1 aromatic carbocycles. The summed E-state index contributed by atoms with van der Waals surface area (Å²) in [5, 5.41) is 9.08. The van der Waals surface area contributed by atoms with Crippen molar-refractivity contribution in [2.75, 3.05) is 26.2 Å². The Morgan fingerprint density at radius 2 is 1.74 bits per heavy atom. The van der Waals surface area contributed by atoms with Crippen molar-refractivity contribution in [1.29, 1.82) is 0 Å². The molecule has 1 aliphatic rings. The summed E-state index contributed by atoms with van der Waals surface area (Å²) in [6.45, 7) is 11.0. The lowest BCUT2D eigenvalue weighted by Gasteiger charge is -2.35. The molecule has 7 nitrogen and oxygen atoms in total. The lowest BCUT2D eigenvalue weighted by Crippen LogP contribution is -2.48. The highest BCUT2D eigenvalue weighted by atomic mass is 79.9. The summed E-state index contributed by atoms with van der Waals surface area (Å²) in [5.41, 5.74) is 5.68. The number of carbonyl (C=O) groups is 1. The van der Waals surface area contributed by atoms with Crippen LogP contribution in [0.25, 0.3) is 5.69 Å². The van der Waals surface area contributed by atoms with Crippen molar-refractivity contribution in [2.24, 2.45) is 0 Å². The van der Waals surface area contributed by atoms with Crippen LogP contribution in [0.15, 0.2) is 41.0 Å². The van der Waals surface area contributed by atoms with Gasteiger partial charge in [0, 0.05) is 62.6 Å². The third kappa shape index (κ3) is 4.75. The lowest BCUT2D eigenvalue weighted by atomic mass is 10.1. The molecule has 3 aromatic rings. The number of amides is 1. The maximum atomic E-state index is 12.7. The minimum absolute atomic E-state index is 0.204. The van der Waals surface area contributed by atoms with Crippen LogP contribution in [0.2, 0.25) is 0 Å². The number of aromatic nitrogens is 4. The van der Waals surface area contributed by atoms with Gasteiger partial charge in [-0.3, -0.25) is 14.4 Å². The maximum Gasteiger partial charge on any atom is 0.224 e. The first kappa shape index (κ1) is 21.8. The molecule has 164 valence electrons. The molecule has 0 aliphatic carbocycles. The average molecular weight is 485 g/mol. The number of hydrogen-bond donors (Lipinski definition) is 0. The second kappa shape index (κ2) is 9.36. The Kier molecular flexibility index (Phi) is 6.57. The minimum atomic E-state index is 0.204. The van der Waals surface area contributed by atoms with Gasteiger partial charge in [-0.2, -0.15) is 10.2 Å². The highest BCUT2D eigenvalue weighted by Crippen LogP contribution is 2.20. The molecule has 2 aromatic heterocycles. The Bertz CT molecular complexity index is 1050. The van der Waals surface area contributed by atoms with Crippen molar-refractivity contribution in [3.8, 4) is 5.69 Å². The second-order valence-corrected chi connectivity index (χ2v) is 8.96. The van der Waals surface area contributed by atoms with Crippen molar-refractivity contribution in [2.45, 2.75) is 40.3 Å². The molecule has 4 rings (SSSR count). The SMILES string of the molecule is Cc1nn(-c2ccccc2)c(C)c1CN1CCN(C(=O)CCn2ncc(Br)c2C)CC1. The van der Waals surface area contributed by atoms with E-state index in [1.165, 1.54) is 11.3 Å². The van der Waals surface area contributed by atoms with E-state index < -0.39 is 0 Å². The summed E-state index contributed by atoms with van der Waals surface area (Å²) >= 11 is 3.47. The zero-order chi connectivity index (χ0) is 22.0. The summed E-state index contributed by atoms with van der Waals surface area (Å²) in [6, 6.07) is 10.3. The van der Waals surface area contributed by atoms with Gasteiger partial charge in [-0.25, -0.2) is 4.68 Å². The highest BCUT2D eigenvalue weighted by molar-refractivity contribution is 9.10. The van der Waals surface area contributed by atoms with Gasteiger partial charge in [0.05, 0.1) is 22.1 Å². The Morgan fingerprint density at radius 3 is 2.39 bits per heavy atom. The van der Waals surface area contributed by atoms with Crippen molar-refractivity contribution in [1.82, 2.24) is 29.4 Å². The number of carbonyl (C=O) groups excluding carboxylic acids is 1. The van der Waals surface area contributed by atoms with E-state index >= 15 is 0 Å². The Morgan fingerprint density at radius 1 is 1.03 bits per heavy atom. The fourth-order valence-corrected chi connectivity index (χ4v) is 4.41. The van der Waals surface area contributed by atoms with Gasteiger partial charge >= 0.3 is 0 Å². The largest absolute Gasteiger partial charge is 0.340 e. The quantitative estimate of drug-likeness (QED) is 0.537. The summed E-state index contributed by atoms with van der Waals surface area (Å²) in [7, 11) is 0. The molecule has 0 radical (unpaired) electrons. The van der Waals surface area contributed by atoms with Crippen molar-refractivity contribution in [3.05, 3.63) is 63.6 Å². The number of halogens is 1. The molecule has 0 bridgehead atoms. The molecule has 0 saturated carbocycles. The van der Waals surface area contributed by atoms with Crippen LogP contribution in [-0.4, -0.2) is 61.4 Å². The van der Waals surface area contributed by atoms with Gasteiger partial charge in [0.2, 0.25) is 5.91 Å². The highest BCUT2D eigenvalue weighted by Gasteiger charge is 2.23. The van der Waals surface area contributed by atoms with Crippen molar-refractivity contribution < 1.29 is 4.79 Å². The van der Waals surface area contributed by atoms with E-state index in [0.29, 0.717) is 13.0 Å². The number of piperazine rings is 1. The molecule has 1 fully saturated rings. The Hall–Kier alpha value is -2.45. The normalized spacial score (nSPS) is 14.9. The molecule has 8 heteroatoms. The number of benzene rings is 1. The summed E-state index contributed by atoms with van der Waals surface area (Å²) in [6.07, 6.45) is 2.26. The molecule has 1 amide bonds. The van der Waals surface area contributed by atoms with Gasteiger partial charge in [-0.15, -0.1) is 0 Å². The van der Waals surface area contributed by atoms with Gasteiger partial charge in [-0.1, -0.05) is 18.2 Å². The van der Waals surface area contributed by atoms with Crippen LogP contribution < -0.4 is 0 Å². The Labute approximate surface area is 191 Å². The minimum Gasteiger partial charge on any atom is -0.340 e. The van der Waals surface area contributed by atoms with Crippen molar-refractivity contribution in [3.63, 3.8) is 0 Å². The topological polar surface area (TPSA) is 59.2 Å². The zero-order valence-electron chi connectivity index (χ0n) is 18.4. The molecule has 3 heterocycles. The third-order valence-electron chi connectivity index (χ3n) is 6.13. The number of rotatable bonds is 6. The standard InChI is InChI=1S/C23H29BrN6O/c1-17-21(18(2)30(26-17)20-7-5-4-6-8-20)16-27-11-13-28(14-12-27)23(31)9-10-29-19(3)22(24)15-25-29/h4-8,15H,9-14,16H2,1-3H3. The molecule has 0 spiro atoms. The first-order valence-corrected chi connectivity index (χ1v) is 11.5. The molecule has 31 heavy (non-hydrogen) atoms. The maximum absolute atomic E-state index is 12.7. The smallest absolute Gasteiger partial charge is 0.224 e. The van der Waals surface area contributed by atoms with Gasteiger partial charge in [-0.05, 0) is 48.8 Å². The van der Waals surface area contributed by atoms with Crippen LogP contribution in [0, 0.1) is 20.8 Å². The van der Waals surface area contributed by atoms with E-state index in [-0.39, 0.29) is 5.91 Å². The Balaban J connectivity index is 1.32. The van der Waals surface area contributed by atoms with E-state index in [9.17, 15) is 4.79 Å². The van der Waals surface area contributed by atoms with Gasteiger partial charge in [0.25, 0.3) is 0 Å². The summed E-state index contributed by atoms with van der Waals surface area (Å²) in [5.74, 6) is 0.204. The lowest BCUT2D eigenvalue weighted by molar-refractivity contribution is -0.133. The van der Waals surface area contributed by atoms with Crippen LogP contribution >= 0.6 is 15.9 Å². The van der Waals surface area contributed by atoms with Crippen LogP contribution in [0.4, 0.5) is 0 Å². The van der Waals surface area contributed by atoms with Crippen molar-refractivity contribution >= 4 is 21.8 Å². The van der Waals surface area contributed by atoms with E-state index in [4.69, 9.17) is 5.10 Å². The number of aryl methyl sites for hydroxylation is 2. The first-order chi connectivity index (χ1) is 14.9. The van der Waals surface area contributed by atoms with Crippen LogP contribution in [0.3, 0.4) is 0 Å². The predicted octanol–water partition coefficient (Wildman–Crippen LogP) is 3.49. The molecule has 1 saturated heterocycles. The van der Waals surface area contributed by atoms with Gasteiger partial charge in [0.1, 0.15) is 0 Å². The van der Waals surface area contributed by atoms with Gasteiger partial charge in [0.15, 0.2) is 0 Å². The molecule has 0 atom stereocenters.